The zero-order valence-electron chi connectivity index (χ0n) is 9.13. The Morgan fingerprint density at radius 3 is 2.11 bits per heavy atom. The van der Waals surface area contributed by atoms with Crippen LogP contribution in [0.4, 0.5) is 0 Å². The van der Waals surface area contributed by atoms with Gasteiger partial charge in [0.2, 0.25) is 0 Å². The van der Waals surface area contributed by atoms with Gasteiger partial charge in [-0.1, -0.05) is 0 Å². The molecular formula is C9H8O9. The molecule has 2 aliphatic rings. The van der Waals surface area contributed by atoms with E-state index in [0.717, 1.165) is 6.92 Å². The van der Waals surface area contributed by atoms with Crippen molar-refractivity contribution in [3.05, 3.63) is 0 Å². The van der Waals surface area contributed by atoms with Crippen molar-refractivity contribution >= 4 is 23.9 Å². The van der Waals surface area contributed by atoms with Crippen LogP contribution in [0.25, 0.3) is 0 Å². The first kappa shape index (κ1) is 12.3. The van der Waals surface area contributed by atoms with Crippen molar-refractivity contribution < 1.29 is 43.2 Å². The van der Waals surface area contributed by atoms with Crippen molar-refractivity contribution in [2.75, 3.05) is 0 Å². The lowest BCUT2D eigenvalue weighted by Crippen LogP contribution is -2.45. The highest BCUT2D eigenvalue weighted by atomic mass is 17.0. The van der Waals surface area contributed by atoms with Gasteiger partial charge in [-0.15, -0.1) is 0 Å². The summed E-state index contributed by atoms with van der Waals surface area (Å²) in [5.41, 5.74) is -2.38. The number of rotatable bonds is 1. The molecule has 0 unspecified atom stereocenters. The van der Waals surface area contributed by atoms with Crippen LogP contribution < -0.4 is 0 Å². The molecular weight excluding hydrogens is 252 g/mol. The maximum atomic E-state index is 11.6. The molecule has 0 aliphatic carbocycles. The molecule has 0 aromatic heterocycles. The second-order valence-electron chi connectivity index (χ2n) is 3.82. The van der Waals surface area contributed by atoms with Gasteiger partial charge in [0.1, 0.15) is 0 Å². The second kappa shape index (κ2) is 3.67. The van der Waals surface area contributed by atoms with E-state index in [2.05, 4.69) is 18.9 Å². The Hall–Kier alpha value is -2.16. The molecule has 2 heterocycles. The second-order valence-corrected chi connectivity index (χ2v) is 3.82. The molecule has 0 radical (unpaired) electrons. The minimum Gasteiger partial charge on any atom is -0.377 e. The summed E-state index contributed by atoms with van der Waals surface area (Å²) in [7, 11) is 0. The van der Waals surface area contributed by atoms with Crippen molar-refractivity contribution in [3.63, 3.8) is 0 Å². The number of carbonyl (C=O) groups excluding carboxylic acids is 4. The molecule has 0 aromatic rings. The van der Waals surface area contributed by atoms with Crippen LogP contribution in [0.3, 0.4) is 0 Å². The number of hydrogen-bond donors (Lipinski definition) is 1. The summed E-state index contributed by atoms with van der Waals surface area (Å²) < 4.78 is 17.8. The van der Waals surface area contributed by atoms with E-state index in [4.69, 9.17) is 0 Å². The third kappa shape index (κ3) is 1.99. The number of fused-ring (bicyclic) bond motifs is 3. The van der Waals surface area contributed by atoms with Crippen molar-refractivity contribution in [2.45, 2.75) is 31.5 Å². The highest BCUT2D eigenvalue weighted by Crippen LogP contribution is 2.34. The molecule has 9 nitrogen and oxygen atoms in total. The zero-order valence-corrected chi connectivity index (χ0v) is 9.13. The summed E-state index contributed by atoms with van der Waals surface area (Å²) in [6.45, 7) is 0.923. The van der Waals surface area contributed by atoms with Crippen LogP contribution in [-0.2, 0) is 38.1 Å². The summed E-state index contributed by atoms with van der Waals surface area (Å²) in [6.07, 6.45) is -4.49. The van der Waals surface area contributed by atoms with E-state index in [-0.39, 0.29) is 0 Å². The summed E-state index contributed by atoms with van der Waals surface area (Å²) in [5.74, 6) is -4.59. The Labute approximate surface area is 99.5 Å². The molecule has 9 heteroatoms. The van der Waals surface area contributed by atoms with Crippen molar-refractivity contribution in [1.29, 1.82) is 0 Å². The molecule has 1 N–H and O–H groups in total. The quantitative estimate of drug-likeness (QED) is 0.550. The monoisotopic (exact) mass is 260 g/mol. The number of aliphatic hydroxyl groups is 1. The van der Waals surface area contributed by atoms with Gasteiger partial charge in [0.15, 0.2) is 5.60 Å². The molecule has 98 valence electrons. The molecule has 0 saturated carbocycles. The summed E-state index contributed by atoms with van der Waals surface area (Å²) in [4.78, 5) is 45.1. The van der Waals surface area contributed by atoms with Gasteiger partial charge in [-0.3, -0.25) is 14.4 Å². The molecule has 0 spiro atoms. The van der Waals surface area contributed by atoms with Crippen LogP contribution in [-0.4, -0.2) is 40.7 Å². The molecule has 2 rings (SSSR count). The van der Waals surface area contributed by atoms with Crippen molar-refractivity contribution in [2.24, 2.45) is 0 Å². The maximum Gasteiger partial charge on any atom is 0.619 e. The van der Waals surface area contributed by atoms with Gasteiger partial charge in [0.05, 0.1) is 12.8 Å². The largest absolute Gasteiger partial charge is 0.619 e. The lowest BCUT2D eigenvalue weighted by Gasteiger charge is -2.25. The average molecular weight is 260 g/mol. The van der Waals surface area contributed by atoms with Crippen LogP contribution in [0.15, 0.2) is 0 Å². The van der Waals surface area contributed by atoms with E-state index in [0.29, 0.717) is 0 Å². The average Bonchev–Trinajstić information content (AvgIpc) is 2.24. The molecule has 0 atom stereocenters. The summed E-state index contributed by atoms with van der Waals surface area (Å²) in [5, 5.41) is 9.82. The third-order valence-electron chi connectivity index (χ3n) is 2.22. The van der Waals surface area contributed by atoms with Gasteiger partial charge < -0.3 is 24.1 Å². The topological polar surface area (TPSA) is 125 Å². The normalized spacial score (nSPS) is 34.9. The highest BCUT2D eigenvalue weighted by Gasteiger charge is 2.61. The maximum absolute atomic E-state index is 11.6. The molecule has 2 saturated heterocycles. The van der Waals surface area contributed by atoms with Gasteiger partial charge >= 0.3 is 30.0 Å². The fraction of sp³-hybridized carbons (Fsp3) is 0.556. The Kier molecular flexibility index (Phi) is 2.51. The Morgan fingerprint density at radius 2 is 1.67 bits per heavy atom. The fourth-order valence-corrected chi connectivity index (χ4v) is 1.54. The zero-order chi connectivity index (χ0) is 13.6. The predicted molar refractivity (Wildman–Crippen MR) is 47.0 cm³/mol. The van der Waals surface area contributed by atoms with Gasteiger partial charge in [0, 0.05) is 6.92 Å². The lowest BCUT2D eigenvalue weighted by atomic mass is 9.96. The Balaban J connectivity index is 2.45. The SMILES string of the molecule is CC(=O)OC12OC(=O)CC(O)(CC(=O)O1)C(=O)O2. The first-order valence-corrected chi connectivity index (χ1v) is 4.84. The van der Waals surface area contributed by atoms with Crippen LogP contribution in [0, 0.1) is 0 Å². The van der Waals surface area contributed by atoms with Gasteiger partial charge in [-0.05, 0) is 0 Å². The van der Waals surface area contributed by atoms with E-state index in [9.17, 15) is 24.3 Å². The molecule has 0 amide bonds. The van der Waals surface area contributed by atoms with Crippen molar-refractivity contribution in [1.82, 2.24) is 0 Å². The number of hydrogen-bond acceptors (Lipinski definition) is 9. The van der Waals surface area contributed by atoms with Gasteiger partial charge in [-0.2, -0.15) is 0 Å². The van der Waals surface area contributed by atoms with E-state index < -0.39 is 48.5 Å². The Bertz CT molecular complexity index is 431. The number of ether oxygens (including phenoxy) is 4. The van der Waals surface area contributed by atoms with E-state index >= 15 is 0 Å². The molecule has 2 bridgehead atoms. The molecule has 2 aliphatic heterocycles. The molecule has 0 aromatic carbocycles. The van der Waals surface area contributed by atoms with Crippen LogP contribution in [0.2, 0.25) is 0 Å². The van der Waals surface area contributed by atoms with Gasteiger partial charge in [0.25, 0.3) is 0 Å². The first-order valence-electron chi connectivity index (χ1n) is 4.84. The third-order valence-corrected chi connectivity index (χ3v) is 2.22. The molecule has 2 fully saturated rings. The lowest BCUT2D eigenvalue weighted by molar-refractivity contribution is -0.427. The Morgan fingerprint density at radius 1 is 1.17 bits per heavy atom. The summed E-state index contributed by atoms with van der Waals surface area (Å²) in [6, 6.07) is 0. The minimum absolute atomic E-state index is 0.802. The van der Waals surface area contributed by atoms with Crippen molar-refractivity contribution in [3.8, 4) is 0 Å². The smallest absolute Gasteiger partial charge is 0.377 e. The first-order chi connectivity index (χ1) is 8.25. The van der Waals surface area contributed by atoms with E-state index in [1.54, 1.807) is 0 Å². The predicted octanol–water partition coefficient (Wildman–Crippen LogP) is -1.67. The minimum atomic E-state index is -2.89. The van der Waals surface area contributed by atoms with Gasteiger partial charge in [-0.25, -0.2) is 4.79 Å². The summed E-state index contributed by atoms with van der Waals surface area (Å²) >= 11 is 0. The fourth-order valence-electron chi connectivity index (χ4n) is 1.54. The van der Waals surface area contributed by atoms with Crippen LogP contribution >= 0.6 is 0 Å². The van der Waals surface area contributed by atoms with Crippen LogP contribution in [0.1, 0.15) is 19.8 Å². The number of carbonyl (C=O) groups is 4. The van der Waals surface area contributed by atoms with Crippen LogP contribution in [0.5, 0.6) is 0 Å². The molecule has 18 heavy (non-hydrogen) atoms. The standard InChI is InChI=1S/C9H8O9/c1-4(10)15-9-16-5(11)2-8(14,7(13)18-9)3-6(12)17-9/h14H,2-3H2,1H3. The van der Waals surface area contributed by atoms with E-state index in [1.165, 1.54) is 0 Å². The van der Waals surface area contributed by atoms with E-state index in [1.807, 2.05) is 0 Å². The number of esters is 4. The highest BCUT2D eigenvalue weighted by molar-refractivity contribution is 5.92.